The van der Waals surface area contributed by atoms with Gasteiger partial charge >= 0.3 is 0 Å². The zero-order valence-electron chi connectivity index (χ0n) is 9.15. The van der Waals surface area contributed by atoms with Crippen molar-refractivity contribution in [2.75, 3.05) is 11.1 Å². The molecule has 1 amide bonds. The Morgan fingerprint density at radius 2 is 2.11 bits per heavy atom. The number of halogens is 2. The van der Waals surface area contributed by atoms with Gasteiger partial charge in [-0.05, 0) is 34.1 Å². The number of nitrogens with two attached hydrogens (primary N) is 1. The molecule has 0 spiro atoms. The standard InChI is InChI=1S/C12H9BrClN3O/c13-9-5-7(6-16-11(9)14)17-12(18)8-3-1-2-4-10(8)15/h1-6H,15H2,(H,17,18). The van der Waals surface area contributed by atoms with Crippen molar-refractivity contribution in [1.82, 2.24) is 4.98 Å². The number of benzene rings is 1. The van der Waals surface area contributed by atoms with Gasteiger partial charge < -0.3 is 11.1 Å². The van der Waals surface area contributed by atoms with Gasteiger partial charge in [0.1, 0.15) is 5.15 Å². The fourth-order valence-electron chi connectivity index (χ4n) is 1.39. The van der Waals surface area contributed by atoms with Crippen molar-refractivity contribution < 1.29 is 4.79 Å². The van der Waals surface area contributed by atoms with Crippen LogP contribution in [-0.4, -0.2) is 10.9 Å². The van der Waals surface area contributed by atoms with Crippen LogP contribution in [0.2, 0.25) is 5.15 Å². The van der Waals surface area contributed by atoms with Crippen molar-refractivity contribution in [2.45, 2.75) is 0 Å². The SMILES string of the molecule is Nc1ccccc1C(=O)Nc1cnc(Cl)c(Br)c1. The normalized spacial score (nSPS) is 10.1. The molecule has 0 saturated heterocycles. The van der Waals surface area contributed by atoms with Crippen LogP contribution < -0.4 is 11.1 Å². The summed E-state index contributed by atoms with van der Waals surface area (Å²) in [6, 6.07) is 8.52. The average molecular weight is 327 g/mol. The zero-order valence-corrected chi connectivity index (χ0v) is 11.5. The number of para-hydroxylation sites is 1. The first kappa shape index (κ1) is 12.9. The molecule has 18 heavy (non-hydrogen) atoms. The van der Waals surface area contributed by atoms with Crippen LogP contribution >= 0.6 is 27.5 Å². The first-order valence-electron chi connectivity index (χ1n) is 5.05. The van der Waals surface area contributed by atoms with Crippen LogP contribution in [0.4, 0.5) is 11.4 Å². The number of rotatable bonds is 2. The number of amides is 1. The molecule has 0 unspecified atom stereocenters. The second-order valence-electron chi connectivity index (χ2n) is 3.54. The third-order valence-corrected chi connectivity index (χ3v) is 3.39. The molecule has 0 radical (unpaired) electrons. The van der Waals surface area contributed by atoms with Gasteiger partial charge in [-0.2, -0.15) is 0 Å². The van der Waals surface area contributed by atoms with E-state index in [9.17, 15) is 4.79 Å². The summed E-state index contributed by atoms with van der Waals surface area (Å²) in [5.41, 5.74) is 7.11. The first-order chi connectivity index (χ1) is 8.58. The number of carbonyl (C=O) groups excluding carboxylic acids is 1. The maximum atomic E-state index is 12.0. The summed E-state index contributed by atoms with van der Waals surface area (Å²) >= 11 is 9.00. The molecule has 92 valence electrons. The van der Waals surface area contributed by atoms with E-state index in [0.29, 0.717) is 26.6 Å². The number of carbonyl (C=O) groups is 1. The predicted molar refractivity (Wildman–Crippen MR) is 75.8 cm³/mol. The molecule has 0 atom stereocenters. The van der Waals surface area contributed by atoms with Crippen molar-refractivity contribution in [3.05, 3.63) is 51.7 Å². The topological polar surface area (TPSA) is 68.0 Å². The van der Waals surface area contributed by atoms with Crippen molar-refractivity contribution >= 4 is 44.8 Å². The predicted octanol–water partition coefficient (Wildman–Crippen LogP) is 3.33. The lowest BCUT2D eigenvalue weighted by Gasteiger charge is -2.07. The summed E-state index contributed by atoms with van der Waals surface area (Å²) in [6.45, 7) is 0. The van der Waals surface area contributed by atoms with E-state index in [0.717, 1.165) is 0 Å². The van der Waals surface area contributed by atoms with E-state index in [1.54, 1.807) is 30.3 Å². The van der Waals surface area contributed by atoms with E-state index in [4.69, 9.17) is 17.3 Å². The van der Waals surface area contributed by atoms with Gasteiger partial charge in [-0.3, -0.25) is 4.79 Å². The van der Waals surface area contributed by atoms with Gasteiger partial charge in [0, 0.05) is 5.69 Å². The quantitative estimate of drug-likeness (QED) is 0.657. The van der Waals surface area contributed by atoms with Crippen LogP contribution in [0.1, 0.15) is 10.4 Å². The van der Waals surface area contributed by atoms with Crippen molar-refractivity contribution in [3.8, 4) is 0 Å². The molecule has 3 N–H and O–H groups in total. The molecule has 1 heterocycles. The molecule has 1 aromatic carbocycles. The molecule has 2 aromatic rings. The Labute approximate surface area is 117 Å². The maximum absolute atomic E-state index is 12.0. The Kier molecular flexibility index (Phi) is 3.84. The Hall–Kier alpha value is -1.59. The second kappa shape index (κ2) is 5.37. The largest absolute Gasteiger partial charge is 0.398 e. The lowest BCUT2D eigenvalue weighted by atomic mass is 10.1. The molecular formula is C12H9BrClN3O. The minimum Gasteiger partial charge on any atom is -0.398 e. The summed E-state index contributed by atoms with van der Waals surface area (Å²) in [5.74, 6) is -0.288. The number of aromatic nitrogens is 1. The van der Waals surface area contributed by atoms with Gasteiger partial charge in [0.2, 0.25) is 0 Å². The van der Waals surface area contributed by atoms with Crippen molar-refractivity contribution in [1.29, 1.82) is 0 Å². The molecule has 4 nitrogen and oxygen atoms in total. The highest BCUT2D eigenvalue weighted by atomic mass is 79.9. The number of anilines is 2. The Morgan fingerprint density at radius 3 is 2.78 bits per heavy atom. The smallest absolute Gasteiger partial charge is 0.257 e. The van der Waals surface area contributed by atoms with E-state index in [1.165, 1.54) is 6.20 Å². The van der Waals surface area contributed by atoms with Crippen LogP contribution in [0, 0.1) is 0 Å². The minimum absolute atomic E-state index is 0.288. The highest BCUT2D eigenvalue weighted by Crippen LogP contribution is 2.23. The number of nitrogens with one attached hydrogen (secondary N) is 1. The number of nitrogen functional groups attached to an aromatic ring is 1. The summed E-state index contributed by atoms with van der Waals surface area (Å²) in [6.07, 6.45) is 1.48. The van der Waals surface area contributed by atoms with E-state index < -0.39 is 0 Å². The van der Waals surface area contributed by atoms with Gasteiger partial charge in [0.05, 0.1) is 21.9 Å². The van der Waals surface area contributed by atoms with E-state index >= 15 is 0 Å². The molecular weight excluding hydrogens is 318 g/mol. The fraction of sp³-hybridized carbons (Fsp3) is 0. The number of nitrogens with zero attached hydrogens (tertiary/aromatic N) is 1. The molecule has 0 fully saturated rings. The number of hydrogen-bond acceptors (Lipinski definition) is 3. The van der Waals surface area contributed by atoms with Gasteiger partial charge in [-0.15, -0.1) is 0 Å². The Morgan fingerprint density at radius 1 is 1.39 bits per heavy atom. The van der Waals surface area contributed by atoms with E-state index in [2.05, 4.69) is 26.2 Å². The Balaban J connectivity index is 2.22. The van der Waals surface area contributed by atoms with Crippen LogP contribution in [-0.2, 0) is 0 Å². The third kappa shape index (κ3) is 2.80. The average Bonchev–Trinajstić information content (AvgIpc) is 2.34. The summed E-state index contributed by atoms with van der Waals surface area (Å²) < 4.78 is 0.614. The number of pyridine rings is 1. The molecule has 2 rings (SSSR count). The molecule has 6 heteroatoms. The van der Waals surface area contributed by atoms with Gasteiger partial charge in [0.15, 0.2) is 0 Å². The molecule has 0 saturated carbocycles. The minimum atomic E-state index is -0.288. The second-order valence-corrected chi connectivity index (χ2v) is 4.75. The van der Waals surface area contributed by atoms with Gasteiger partial charge in [-0.25, -0.2) is 4.98 Å². The zero-order chi connectivity index (χ0) is 13.1. The van der Waals surface area contributed by atoms with Gasteiger partial charge in [-0.1, -0.05) is 23.7 Å². The highest BCUT2D eigenvalue weighted by Gasteiger charge is 2.10. The van der Waals surface area contributed by atoms with E-state index in [-0.39, 0.29) is 5.91 Å². The van der Waals surface area contributed by atoms with Crippen LogP contribution in [0.15, 0.2) is 41.0 Å². The third-order valence-electron chi connectivity index (χ3n) is 2.26. The molecule has 0 bridgehead atoms. The summed E-state index contributed by atoms with van der Waals surface area (Å²) in [7, 11) is 0. The van der Waals surface area contributed by atoms with Gasteiger partial charge in [0.25, 0.3) is 5.91 Å². The highest BCUT2D eigenvalue weighted by molar-refractivity contribution is 9.10. The lowest BCUT2D eigenvalue weighted by molar-refractivity contribution is 0.102. The van der Waals surface area contributed by atoms with E-state index in [1.807, 2.05) is 0 Å². The fourth-order valence-corrected chi connectivity index (χ4v) is 1.84. The molecule has 0 aliphatic carbocycles. The number of hydrogen-bond donors (Lipinski definition) is 2. The molecule has 0 aliphatic rings. The molecule has 0 aliphatic heterocycles. The first-order valence-corrected chi connectivity index (χ1v) is 6.22. The van der Waals surface area contributed by atoms with Crippen molar-refractivity contribution in [2.24, 2.45) is 0 Å². The monoisotopic (exact) mass is 325 g/mol. The summed E-state index contributed by atoms with van der Waals surface area (Å²) in [5, 5.41) is 3.04. The van der Waals surface area contributed by atoms with Crippen LogP contribution in [0.3, 0.4) is 0 Å². The molecule has 1 aromatic heterocycles. The summed E-state index contributed by atoms with van der Waals surface area (Å²) in [4.78, 5) is 15.9. The lowest BCUT2D eigenvalue weighted by Crippen LogP contribution is -2.14. The van der Waals surface area contributed by atoms with Crippen molar-refractivity contribution in [3.63, 3.8) is 0 Å². The van der Waals surface area contributed by atoms with Crippen LogP contribution in [0.5, 0.6) is 0 Å². The van der Waals surface area contributed by atoms with Crippen LogP contribution in [0.25, 0.3) is 0 Å². The Bertz CT molecular complexity index is 604. The maximum Gasteiger partial charge on any atom is 0.257 e.